The van der Waals surface area contributed by atoms with Crippen molar-refractivity contribution in [2.45, 2.75) is 51.4 Å². The maximum absolute atomic E-state index is 13.4. The molecule has 0 spiro atoms. The summed E-state index contributed by atoms with van der Waals surface area (Å²) in [5.41, 5.74) is -1.14. The van der Waals surface area contributed by atoms with E-state index in [-0.39, 0.29) is 17.6 Å². The molecule has 1 fully saturated rings. The lowest BCUT2D eigenvalue weighted by Crippen LogP contribution is -2.50. The van der Waals surface area contributed by atoms with Gasteiger partial charge in [0.15, 0.2) is 0 Å². The van der Waals surface area contributed by atoms with Crippen LogP contribution in [0.1, 0.15) is 37.8 Å². The van der Waals surface area contributed by atoms with Gasteiger partial charge in [-0.15, -0.1) is 0 Å². The highest BCUT2D eigenvalue weighted by molar-refractivity contribution is 6.30. The number of halogens is 4. The van der Waals surface area contributed by atoms with Gasteiger partial charge in [-0.2, -0.15) is 13.2 Å². The Morgan fingerprint density at radius 1 is 1.08 bits per heavy atom. The third-order valence-electron chi connectivity index (χ3n) is 6.50. The van der Waals surface area contributed by atoms with Crippen molar-refractivity contribution in [3.63, 3.8) is 0 Å². The van der Waals surface area contributed by atoms with Gasteiger partial charge in [0, 0.05) is 35.8 Å². The zero-order valence-electron chi connectivity index (χ0n) is 21.1. The number of carbonyl (C=O) groups excluding carboxylic acids is 1. The molecule has 1 amide bonds. The number of piperidine rings is 1. The number of nitrogens with one attached hydrogen (secondary N) is 1. The highest BCUT2D eigenvalue weighted by atomic mass is 35.5. The van der Waals surface area contributed by atoms with Crippen LogP contribution < -0.4 is 15.8 Å². The van der Waals surface area contributed by atoms with Gasteiger partial charge in [-0.05, 0) is 81.6 Å². The Morgan fingerprint density at radius 2 is 1.71 bits per heavy atom. The van der Waals surface area contributed by atoms with Crippen LogP contribution in [0.4, 0.5) is 19.0 Å². The Labute approximate surface area is 222 Å². The SMILES string of the molecule is Cc1cc(Cl)ccc1-c1nc(N2CCC(NC(=O)C(C)(C)O)CC2)cc(=O)n1-c1ccc(C(F)(F)F)cc1. The second-order valence-corrected chi connectivity index (χ2v) is 10.3. The van der Waals surface area contributed by atoms with Crippen molar-refractivity contribution < 1.29 is 23.1 Å². The van der Waals surface area contributed by atoms with Crippen LogP contribution in [0.2, 0.25) is 5.02 Å². The van der Waals surface area contributed by atoms with Gasteiger partial charge >= 0.3 is 6.18 Å². The van der Waals surface area contributed by atoms with E-state index < -0.39 is 28.8 Å². The number of rotatable bonds is 5. The molecule has 2 heterocycles. The Morgan fingerprint density at radius 3 is 2.26 bits per heavy atom. The van der Waals surface area contributed by atoms with Crippen LogP contribution in [0.25, 0.3) is 17.1 Å². The average Bonchev–Trinajstić information content (AvgIpc) is 2.83. The van der Waals surface area contributed by atoms with Crippen LogP contribution in [-0.2, 0) is 11.0 Å². The topological polar surface area (TPSA) is 87.5 Å². The molecule has 1 aliphatic heterocycles. The predicted molar refractivity (Wildman–Crippen MR) is 140 cm³/mol. The van der Waals surface area contributed by atoms with Gasteiger partial charge in [0.1, 0.15) is 17.2 Å². The number of alkyl halides is 3. The number of carbonyl (C=O) groups is 1. The van der Waals surface area contributed by atoms with E-state index in [4.69, 9.17) is 16.6 Å². The van der Waals surface area contributed by atoms with E-state index in [0.29, 0.717) is 42.3 Å². The van der Waals surface area contributed by atoms with Crippen molar-refractivity contribution in [1.29, 1.82) is 0 Å². The first-order valence-corrected chi connectivity index (χ1v) is 12.5. The van der Waals surface area contributed by atoms with E-state index >= 15 is 0 Å². The van der Waals surface area contributed by atoms with Crippen molar-refractivity contribution >= 4 is 23.3 Å². The minimum Gasteiger partial charge on any atom is -0.381 e. The van der Waals surface area contributed by atoms with Gasteiger partial charge in [-0.3, -0.25) is 14.2 Å². The van der Waals surface area contributed by atoms with E-state index in [1.54, 1.807) is 18.2 Å². The maximum Gasteiger partial charge on any atom is 0.416 e. The second-order valence-electron chi connectivity index (χ2n) is 9.91. The van der Waals surface area contributed by atoms with Crippen molar-refractivity contribution in [2.24, 2.45) is 0 Å². The number of hydrogen-bond donors (Lipinski definition) is 2. The molecule has 1 aliphatic rings. The number of hydrogen-bond acceptors (Lipinski definition) is 5. The summed E-state index contributed by atoms with van der Waals surface area (Å²) < 4.78 is 40.6. The van der Waals surface area contributed by atoms with Gasteiger partial charge in [0.2, 0.25) is 0 Å². The molecular formula is C27H28ClF3N4O3. The molecular weight excluding hydrogens is 521 g/mol. The molecule has 0 atom stereocenters. The van der Waals surface area contributed by atoms with E-state index in [0.717, 1.165) is 17.7 Å². The molecule has 0 unspecified atom stereocenters. The van der Waals surface area contributed by atoms with E-state index in [1.165, 1.54) is 36.6 Å². The molecule has 4 rings (SSSR count). The molecule has 3 aromatic rings. The molecule has 0 bridgehead atoms. The quantitative estimate of drug-likeness (QED) is 0.481. The first-order chi connectivity index (χ1) is 17.7. The number of benzene rings is 2. The molecule has 38 heavy (non-hydrogen) atoms. The van der Waals surface area contributed by atoms with E-state index in [2.05, 4.69) is 5.32 Å². The molecule has 0 radical (unpaired) electrons. The zero-order chi connectivity index (χ0) is 27.8. The van der Waals surface area contributed by atoms with Crippen LogP contribution >= 0.6 is 11.6 Å². The Kier molecular flexibility index (Phi) is 7.58. The summed E-state index contributed by atoms with van der Waals surface area (Å²) in [7, 11) is 0. The zero-order valence-corrected chi connectivity index (χ0v) is 21.9. The van der Waals surface area contributed by atoms with Crippen LogP contribution in [-0.4, -0.2) is 45.3 Å². The summed E-state index contributed by atoms with van der Waals surface area (Å²) in [6.45, 7) is 5.67. The first-order valence-electron chi connectivity index (χ1n) is 12.1. The maximum atomic E-state index is 13.4. The lowest BCUT2D eigenvalue weighted by molar-refractivity contribution is -0.138. The molecule has 2 aromatic carbocycles. The number of nitrogens with zero attached hydrogens (tertiary/aromatic N) is 3. The molecule has 2 N–H and O–H groups in total. The lowest BCUT2D eigenvalue weighted by atomic mass is 10.0. The van der Waals surface area contributed by atoms with Gasteiger partial charge in [0.05, 0.1) is 11.3 Å². The number of aromatic nitrogens is 2. The number of aliphatic hydroxyl groups is 1. The van der Waals surface area contributed by atoms with Crippen LogP contribution in [0.15, 0.2) is 53.3 Å². The van der Waals surface area contributed by atoms with Gasteiger partial charge in [-0.25, -0.2) is 4.98 Å². The Balaban J connectivity index is 1.71. The third-order valence-corrected chi connectivity index (χ3v) is 6.73. The normalized spacial score (nSPS) is 15.0. The minimum absolute atomic E-state index is 0.129. The molecule has 1 aromatic heterocycles. The van der Waals surface area contributed by atoms with Crippen LogP contribution in [0, 0.1) is 6.92 Å². The average molecular weight is 549 g/mol. The van der Waals surface area contributed by atoms with Crippen molar-refractivity contribution in [1.82, 2.24) is 14.9 Å². The molecule has 0 saturated carbocycles. The van der Waals surface area contributed by atoms with Crippen molar-refractivity contribution in [3.8, 4) is 17.1 Å². The lowest BCUT2D eigenvalue weighted by Gasteiger charge is -2.34. The fourth-order valence-corrected chi connectivity index (χ4v) is 4.58. The first kappa shape index (κ1) is 27.7. The Bertz CT molecular complexity index is 1390. The van der Waals surface area contributed by atoms with E-state index in [9.17, 15) is 27.9 Å². The summed E-state index contributed by atoms with van der Waals surface area (Å²) in [4.78, 5) is 32.3. The highest BCUT2D eigenvalue weighted by Gasteiger charge is 2.31. The number of aryl methyl sites for hydroxylation is 1. The summed E-state index contributed by atoms with van der Waals surface area (Å²) in [5.74, 6) is 0.252. The standard InChI is InChI=1S/C27H28ClF3N4O3/c1-16-14-18(28)6-9-21(16)24-33-22(34-12-10-19(11-13-34)32-25(37)26(2,3)38)15-23(36)35(24)20-7-4-17(5-8-20)27(29,30)31/h4-9,14-15,19,38H,10-13H2,1-3H3,(H,32,37). The molecule has 0 aliphatic carbocycles. The van der Waals surface area contributed by atoms with Gasteiger partial charge in [-0.1, -0.05) is 11.6 Å². The third kappa shape index (κ3) is 6.02. The Hall–Kier alpha value is -3.37. The second kappa shape index (κ2) is 10.4. The van der Waals surface area contributed by atoms with E-state index in [1.807, 2.05) is 11.8 Å². The monoisotopic (exact) mass is 548 g/mol. The fourth-order valence-electron chi connectivity index (χ4n) is 4.35. The summed E-state index contributed by atoms with van der Waals surface area (Å²) in [5, 5.41) is 13.2. The van der Waals surface area contributed by atoms with Crippen molar-refractivity contribution in [2.75, 3.05) is 18.0 Å². The predicted octanol–water partition coefficient (Wildman–Crippen LogP) is 4.74. The van der Waals surface area contributed by atoms with Gasteiger partial charge < -0.3 is 15.3 Å². The highest BCUT2D eigenvalue weighted by Crippen LogP contribution is 2.31. The van der Waals surface area contributed by atoms with Gasteiger partial charge in [0.25, 0.3) is 11.5 Å². The van der Waals surface area contributed by atoms with Crippen LogP contribution in [0.3, 0.4) is 0 Å². The molecule has 7 nitrogen and oxygen atoms in total. The fraction of sp³-hybridized carbons (Fsp3) is 0.370. The summed E-state index contributed by atoms with van der Waals surface area (Å²) in [6.07, 6.45) is -3.33. The molecule has 202 valence electrons. The molecule has 11 heteroatoms. The van der Waals surface area contributed by atoms with Crippen LogP contribution in [0.5, 0.6) is 0 Å². The largest absolute Gasteiger partial charge is 0.416 e. The minimum atomic E-state index is -4.50. The van der Waals surface area contributed by atoms with Crippen molar-refractivity contribution in [3.05, 3.63) is 75.0 Å². The smallest absolute Gasteiger partial charge is 0.381 e. The summed E-state index contributed by atoms with van der Waals surface area (Å²) >= 11 is 6.13. The number of anilines is 1. The molecule has 1 saturated heterocycles. The summed E-state index contributed by atoms with van der Waals surface area (Å²) in [6, 6.07) is 10.7. The number of amides is 1.